The summed E-state index contributed by atoms with van der Waals surface area (Å²) in [5.74, 6) is 0.710. The van der Waals surface area contributed by atoms with Crippen molar-refractivity contribution < 1.29 is 9.00 Å². The highest BCUT2D eigenvalue weighted by atomic mass is 32.2. The summed E-state index contributed by atoms with van der Waals surface area (Å²) >= 11 is 1.68. The van der Waals surface area contributed by atoms with Crippen LogP contribution in [0.25, 0.3) is 0 Å². The van der Waals surface area contributed by atoms with Crippen molar-refractivity contribution in [2.75, 3.05) is 5.75 Å². The standard InChI is InChI=1S/C16H26N2O2S2/c1-3-22(20)15-6-4-5-14(10-15)18-16(19)17-12(2)9-13-7-8-21-11-13/h7-8,11-12,14-15H,3-6,9-10H2,1-2H3,(H2,17,18,19)/t12-,14-,15-,22+/m1/s1. The number of amides is 2. The van der Waals surface area contributed by atoms with E-state index in [2.05, 4.69) is 27.5 Å². The van der Waals surface area contributed by atoms with Crippen LogP contribution in [-0.4, -0.2) is 33.3 Å². The van der Waals surface area contributed by atoms with Crippen LogP contribution in [0.2, 0.25) is 0 Å². The lowest BCUT2D eigenvalue weighted by Crippen LogP contribution is -2.48. The second-order valence-electron chi connectivity index (χ2n) is 6.01. The molecule has 124 valence electrons. The molecule has 1 saturated carbocycles. The molecule has 2 amide bonds. The fourth-order valence-corrected chi connectivity index (χ4v) is 5.04. The minimum absolute atomic E-state index is 0.101. The Labute approximate surface area is 139 Å². The lowest BCUT2D eigenvalue weighted by atomic mass is 9.95. The van der Waals surface area contributed by atoms with Gasteiger partial charge in [-0.1, -0.05) is 13.3 Å². The van der Waals surface area contributed by atoms with Gasteiger partial charge in [0.15, 0.2) is 0 Å². The van der Waals surface area contributed by atoms with Crippen LogP contribution < -0.4 is 10.6 Å². The van der Waals surface area contributed by atoms with Gasteiger partial charge in [-0.3, -0.25) is 4.21 Å². The first kappa shape index (κ1) is 17.5. The maximum atomic E-state index is 12.1. The van der Waals surface area contributed by atoms with Gasteiger partial charge >= 0.3 is 6.03 Å². The first-order valence-corrected chi connectivity index (χ1v) is 10.4. The summed E-state index contributed by atoms with van der Waals surface area (Å²) in [7, 11) is -0.752. The van der Waals surface area contributed by atoms with E-state index in [1.54, 1.807) is 11.3 Å². The van der Waals surface area contributed by atoms with Crippen LogP contribution in [0.3, 0.4) is 0 Å². The summed E-state index contributed by atoms with van der Waals surface area (Å²) in [5, 5.41) is 10.5. The maximum Gasteiger partial charge on any atom is 0.315 e. The molecule has 22 heavy (non-hydrogen) atoms. The zero-order valence-electron chi connectivity index (χ0n) is 13.3. The Morgan fingerprint density at radius 2 is 2.32 bits per heavy atom. The lowest BCUT2D eigenvalue weighted by molar-refractivity contribution is 0.229. The van der Waals surface area contributed by atoms with Crippen LogP contribution in [0.15, 0.2) is 16.8 Å². The van der Waals surface area contributed by atoms with Gasteiger partial charge in [-0.2, -0.15) is 11.3 Å². The molecule has 4 atom stereocenters. The van der Waals surface area contributed by atoms with Gasteiger partial charge in [0.1, 0.15) is 0 Å². The number of hydrogen-bond acceptors (Lipinski definition) is 3. The summed E-state index contributed by atoms with van der Waals surface area (Å²) in [6, 6.07) is 2.25. The molecular formula is C16H26N2O2S2. The van der Waals surface area contributed by atoms with Crippen molar-refractivity contribution in [3.05, 3.63) is 22.4 Å². The summed E-state index contributed by atoms with van der Waals surface area (Å²) in [6.07, 6.45) is 4.75. The van der Waals surface area contributed by atoms with Crippen LogP contribution in [0.4, 0.5) is 4.79 Å². The number of thiophene rings is 1. The molecular weight excluding hydrogens is 316 g/mol. The number of rotatable bonds is 6. The zero-order valence-corrected chi connectivity index (χ0v) is 15.0. The van der Waals surface area contributed by atoms with Gasteiger partial charge in [0.25, 0.3) is 0 Å². The quantitative estimate of drug-likeness (QED) is 0.835. The number of urea groups is 1. The van der Waals surface area contributed by atoms with Crippen LogP contribution in [0.5, 0.6) is 0 Å². The molecule has 2 N–H and O–H groups in total. The largest absolute Gasteiger partial charge is 0.335 e. The first-order valence-electron chi connectivity index (χ1n) is 8.03. The molecule has 1 fully saturated rings. The Kier molecular flexibility index (Phi) is 6.89. The van der Waals surface area contributed by atoms with Crippen molar-refractivity contribution in [3.8, 4) is 0 Å². The number of nitrogens with one attached hydrogen (secondary N) is 2. The van der Waals surface area contributed by atoms with E-state index >= 15 is 0 Å². The Morgan fingerprint density at radius 3 is 3.00 bits per heavy atom. The fraction of sp³-hybridized carbons (Fsp3) is 0.688. The Morgan fingerprint density at radius 1 is 1.50 bits per heavy atom. The minimum Gasteiger partial charge on any atom is -0.335 e. The second kappa shape index (κ2) is 8.67. The molecule has 0 radical (unpaired) electrons. The molecule has 0 aliphatic heterocycles. The highest BCUT2D eigenvalue weighted by Gasteiger charge is 2.26. The molecule has 1 heterocycles. The van der Waals surface area contributed by atoms with E-state index in [0.29, 0.717) is 5.75 Å². The van der Waals surface area contributed by atoms with Gasteiger partial charge in [0, 0.05) is 33.9 Å². The van der Waals surface area contributed by atoms with E-state index in [9.17, 15) is 9.00 Å². The summed E-state index contributed by atoms with van der Waals surface area (Å²) in [5.41, 5.74) is 1.26. The van der Waals surface area contributed by atoms with Gasteiger partial charge in [0.05, 0.1) is 0 Å². The average molecular weight is 343 g/mol. The fourth-order valence-electron chi connectivity index (χ4n) is 3.01. The molecule has 1 aliphatic rings. The van der Waals surface area contributed by atoms with Gasteiger partial charge in [-0.05, 0) is 55.0 Å². The number of carbonyl (C=O) groups is 1. The van der Waals surface area contributed by atoms with E-state index in [-0.39, 0.29) is 23.4 Å². The highest BCUT2D eigenvalue weighted by molar-refractivity contribution is 7.85. The zero-order chi connectivity index (χ0) is 15.9. The van der Waals surface area contributed by atoms with Crippen LogP contribution in [0.1, 0.15) is 45.1 Å². The van der Waals surface area contributed by atoms with Crippen molar-refractivity contribution in [3.63, 3.8) is 0 Å². The third-order valence-electron chi connectivity index (χ3n) is 4.12. The third-order valence-corrected chi connectivity index (χ3v) is 6.59. The lowest BCUT2D eigenvalue weighted by Gasteiger charge is -2.29. The normalized spacial score (nSPS) is 24.5. The number of hydrogen-bond donors (Lipinski definition) is 2. The smallest absolute Gasteiger partial charge is 0.315 e. The molecule has 2 rings (SSSR count). The van der Waals surface area contributed by atoms with Crippen LogP contribution in [-0.2, 0) is 17.2 Å². The molecule has 0 saturated heterocycles. The molecule has 6 heteroatoms. The Hall–Kier alpha value is -0.880. The highest BCUT2D eigenvalue weighted by Crippen LogP contribution is 2.23. The molecule has 0 unspecified atom stereocenters. The van der Waals surface area contributed by atoms with Gasteiger partial charge in [-0.15, -0.1) is 0 Å². The van der Waals surface area contributed by atoms with Crippen molar-refractivity contribution in [1.82, 2.24) is 10.6 Å². The van der Waals surface area contributed by atoms with Crippen LogP contribution >= 0.6 is 11.3 Å². The van der Waals surface area contributed by atoms with Crippen molar-refractivity contribution in [1.29, 1.82) is 0 Å². The van der Waals surface area contributed by atoms with E-state index in [4.69, 9.17) is 0 Å². The predicted octanol–water partition coefficient (Wildman–Crippen LogP) is 3.06. The summed E-state index contributed by atoms with van der Waals surface area (Å²) in [4.78, 5) is 12.1. The molecule has 4 nitrogen and oxygen atoms in total. The molecule has 0 spiro atoms. The predicted molar refractivity (Wildman–Crippen MR) is 93.9 cm³/mol. The Balaban J connectivity index is 1.75. The van der Waals surface area contributed by atoms with Crippen molar-refractivity contribution in [2.24, 2.45) is 0 Å². The molecule has 1 aromatic heterocycles. The monoisotopic (exact) mass is 342 g/mol. The van der Waals surface area contributed by atoms with Gasteiger partial charge in [-0.25, -0.2) is 4.79 Å². The molecule has 1 aromatic rings. The first-order chi connectivity index (χ1) is 10.6. The molecule has 0 bridgehead atoms. The molecule has 1 aliphatic carbocycles. The van der Waals surface area contributed by atoms with E-state index < -0.39 is 10.8 Å². The topological polar surface area (TPSA) is 58.2 Å². The van der Waals surface area contributed by atoms with Crippen molar-refractivity contribution in [2.45, 2.75) is 63.3 Å². The summed E-state index contributed by atoms with van der Waals surface area (Å²) < 4.78 is 11.9. The van der Waals surface area contributed by atoms with Crippen molar-refractivity contribution >= 4 is 28.2 Å². The average Bonchev–Trinajstić information content (AvgIpc) is 2.99. The summed E-state index contributed by atoms with van der Waals surface area (Å²) in [6.45, 7) is 3.99. The third kappa shape index (κ3) is 5.39. The maximum absolute atomic E-state index is 12.1. The van der Waals surface area contributed by atoms with Gasteiger partial charge in [0.2, 0.25) is 0 Å². The van der Waals surface area contributed by atoms with E-state index in [1.165, 1.54) is 5.56 Å². The van der Waals surface area contributed by atoms with E-state index in [1.807, 2.05) is 13.8 Å². The SMILES string of the molecule is CC[S@](=O)[C@@H]1CCC[C@@H](NC(=O)N[C@H](C)Cc2ccsc2)C1. The van der Waals surface area contributed by atoms with E-state index in [0.717, 1.165) is 32.1 Å². The van der Waals surface area contributed by atoms with Crippen LogP contribution in [0, 0.1) is 0 Å². The minimum atomic E-state index is -0.752. The molecule has 0 aromatic carbocycles. The number of carbonyl (C=O) groups excluding carboxylic acids is 1. The second-order valence-corrected chi connectivity index (χ2v) is 8.80. The van der Waals surface area contributed by atoms with Gasteiger partial charge < -0.3 is 10.6 Å². The Bertz CT molecular complexity index is 490.